The monoisotopic (exact) mass is 296 g/mol. The van der Waals surface area contributed by atoms with Crippen LogP contribution < -0.4 is 10.1 Å². The van der Waals surface area contributed by atoms with Gasteiger partial charge in [0.05, 0.1) is 5.69 Å². The highest BCUT2D eigenvalue weighted by molar-refractivity contribution is 5.56. The SMILES string of the molecule is CN1CCC(Nc2ccccc2OCc2ccccc2)CC1. The first-order chi connectivity index (χ1) is 10.8. The molecule has 0 bridgehead atoms. The van der Waals surface area contributed by atoms with Crippen LogP contribution in [0.4, 0.5) is 5.69 Å². The molecule has 0 radical (unpaired) electrons. The van der Waals surface area contributed by atoms with E-state index in [2.05, 4.69) is 41.5 Å². The zero-order valence-electron chi connectivity index (χ0n) is 13.2. The van der Waals surface area contributed by atoms with Crippen molar-refractivity contribution in [1.29, 1.82) is 0 Å². The topological polar surface area (TPSA) is 24.5 Å². The molecule has 22 heavy (non-hydrogen) atoms. The summed E-state index contributed by atoms with van der Waals surface area (Å²) >= 11 is 0. The number of para-hydroxylation sites is 2. The highest BCUT2D eigenvalue weighted by Crippen LogP contribution is 2.27. The van der Waals surface area contributed by atoms with Crippen LogP contribution in [-0.2, 0) is 6.61 Å². The van der Waals surface area contributed by atoms with E-state index in [0.717, 1.165) is 24.5 Å². The third-order valence-electron chi connectivity index (χ3n) is 4.20. The Morgan fingerprint density at radius 1 is 1.00 bits per heavy atom. The van der Waals surface area contributed by atoms with Gasteiger partial charge in [-0.2, -0.15) is 0 Å². The third-order valence-corrected chi connectivity index (χ3v) is 4.20. The lowest BCUT2D eigenvalue weighted by Gasteiger charge is -2.30. The molecule has 3 heteroatoms. The van der Waals surface area contributed by atoms with Crippen LogP contribution in [0.15, 0.2) is 54.6 Å². The van der Waals surface area contributed by atoms with Crippen LogP contribution in [-0.4, -0.2) is 31.1 Å². The summed E-state index contributed by atoms with van der Waals surface area (Å²) in [6, 6.07) is 19.1. The fraction of sp³-hybridized carbons (Fsp3) is 0.368. The molecule has 0 aliphatic carbocycles. The summed E-state index contributed by atoms with van der Waals surface area (Å²) in [5.74, 6) is 0.935. The average molecular weight is 296 g/mol. The second kappa shape index (κ2) is 7.32. The zero-order valence-corrected chi connectivity index (χ0v) is 13.2. The summed E-state index contributed by atoms with van der Waals surface area (Å²) in [6.45, 7) is 2.92. The lowest BCUT2D eigenvalue weighted by atomic mass is 10.1. The number of likely N-dealkylation sites (tertiary alicyclic amines) is 1. The van der Waals surface area contributed by atoms with Gasteiger partial charge in [0.25, 0.3) is 0 Å². The predicted molar refractivity (Wildman–Crippen MR) is 91.4 cm³/mol. The molecule has 1 heterocycles. The number of nitrogens with zero attached hydrogens (tertiary/aromatic N) is 1. The van der Waals surface area contributed by atoms with E-state index < -0.39 is 0 Å². The normalized spacial score (nSPS) is 16.4. The van der Waals surface area contributed by atoms with Crippen molar-refractivity contribution in [2.45, 2.75) is 25.5 Å². The first-order valence-corrected chi connectivity index (χ1v) is 8.02. The van der Waals surface area contributed by atoms with Gasteiger partial charge in [0.15, 0.2) is 0 Å². The lowest BCUT2D eigenvalue weighted by molar-refractivity contribution is 0.263. The second-order valence-corrected chi connectivity index (χ2v) is 5.99. The van der Waals surface area contributed by atoms with Crippen LogP contribution in [0.5, 0.6) is 5.75 Å². The van der Waals surface area contributed by atoms with Gasteiger partial charge in [-0.05, 0) is 50.7 Å². The van der Waals surface area contributed by atoms with E-state index >= 15 is 0 Å². The molecule has 3 nitrogen and oxygen atoms in total. The van der Waals surface area contributed by atoms with Crippen molar-refractivity contribution in [3.63, 3.8) is 0 Å². The number of piperidine rings is 1. The van der Waals surface area contributed by atoms with Crippen LogP contribution in [0.1, 0.15) is 18.4 Å². The Kier molecular flexibility index (Phi) is 4.96. The van der Waals surface area contributed by atoms with Gasteiger partial charge in [-0.25, -0.2) is 0 Å². The van der Waals surface area contributed by atoms with Gasteiger partial charge < -0.3 is 15.0 Å². The molecule has 0 spiro atoms. The van der Waals surface area contributed by atoms with Crippen LogP contribution in [0, 0.1) is 0 Å². The molecule has 1 aliphatic rings. The quantitative estimate of drug-likeness (QED) is 0.909. The first kappa shape index (κ1) is 14.9. The molecular weight excluding hydrogens is 272 g/mol. The minimum absolute atomic E-state index is 0.540. The van der Waals surface area contributed by atoms with Crippen LogP contribution in [0.2, 0.25) is 0 Å². The number of benzene rings is 2. The Balaban J connectivity index is 1.62. The zero-order chi connectivity index (χ0) is 15.2. The van der Waals surface area contributed by atoms with Gasteiger partial charge in [-0.15, -0.1) is 0 Å². The van der Waals surface area contributed by atoms with Gasteiger partial charge in [0, 0.05) is 6.04 Å². The van der Waals surface area contributed by atoms with Gasteiger partial charge in [0.2, 0.25) is 0 Å². The molecule has 0 saturated carbocycles. The maximum absolute atomic E-state index is 6.01. The van der Waals surface area contributed by atoms with Crippen LogP contribution >= 0.6 is 0 Å². The molecule has 2 aromatic carbocycles. The number of anilines is 1. The Labute approximate surface area is 132 Å². The summed E-state index contributed by atoms with van der Waals surface area (Å²) in [6.07, 6.45) is 2.37. The molecule has 1 fully saturated rings. The average Bonchev–Trinajstić information content (AvgIpc) is 2.57. The molecule has 0 unspecified atom stereocenters. The Morgan fingerprint density at radius 2 is 1.68 bits per heavy atom. The van der Waals surface area contributed by atoms with Crippen molar-refractivity contribution >= 4 is 5.69 Å². The van der Waals surface area contributed by atoms with Crippen molar-refractivity contribution in [2.24, 2.45) is 0 Å². The fourth-order valence-corrected chi connectivity index (χ4v) is 2.82. The van der Waals surface area contributed by atoms with E-state index in [1.807, 2.05) is 30.3 Å². The molecule has 1 saturated heterocycles. The number of hydrogen-bond acceptors (Lipinski definition) is 3. The minimum atomic E-state index is 0.540. The first-order valence-electron chi connectivity index (χ1n) is 8.02. The summed E-state index contributed by atoms with van der Waals surface area (Å²) in [4.78, 5) is 2.38. The molecule has 0 atom stereocenters. The van der Waals surface area contributed by atoms with E-state index in [9.17, 15) is 0 Å². The Morgan fingerprint density at radius 3 is 2.45 bits per heavy atom. The van der Waals surface area contributed by atoms with Crippen molar-refractivity contribution in [1.82, 2.24) is 4.90 Å². The smallest absolute Gasteiger partial charge is 0.142 e. The predicted octanol–water partition coefficient (Wildman–Crippen LogP) is 3.77. The third kappa shape index (κ3) is 4.01. The number of rotatable bonds is 5. The molecule has 116 valence electrons. The van der Waals surface area contributed by atoms with Gasteiger partial charge in [-0.1, -0.05) is 42.5 Å². The molecule has 1 N–H and O–H groups in total. The number of ether oxygens (including phenoxy) is 1. The van der Waals surface area contributed by atoms with E-state index in [1.54, 1.807) is 0 Å². The largest absolute Gasteiger partial charge is 0.487 e. The maximum atomic E-state index is 6.01. The number of hydrogen-bond donors (Lipinski definition) is 1. The number of nitrogens with one attached hydrogen (secondary N) is 1. The molecule has 2 aromatic rings. The van der Waals surface area contributed by atoms with Crippen molar-refractivity contribution in [3.8, 4) is 5.75 Å². The van der Waals surface area contributed by atoms with Gasteiger partial charge >= 0.3 is 0 Å². The summed E-state index contributed by atoms with van der Waals surface area (Å²) in [5, 5.41) is 3.65. The van der Waals surface area contributed by atoms with Crippen LogP contribution in [0.25, 0.3) is 0 Å². The van der Waals surface area contributed by atoms with Crippen molar-refractivity contribution in [3.05, 3.63) is 60.2 Å². The van der Waals surface area contributed by atoms with Crippen molar-refractivity contribution in [2.75, 3.05) is 25.5 Å². The van der Waals surface area contributed by atoms with E-state index in [4.69, 9.17) is 4.74 Å². The van der Waals surface area contributed by atoms with E-state index in [1.165, 1.54) is 18.4 Å². The molecule has 0 aromatic heterocycles. The Bertz CT molecular complexity index is 577. The Hall–Kier alpha value is -2.00. The minimum Gasteiger partial charge on any atom is -0.487 e. The summed E-state index contributed by atoms with van der Waals surface area (Å²) in [7, 11) is 2.19. The summed E-state index contributed by atoms with van der Waals surface area (Å²) < 4.78 is 6.01. The van der Waals surface area contributed by atoms with Gasteiger partial charge in [-0.3, -0.25) is 0 Å². The molecule has 0 amide bonds. The van der Waals surface area contributed by atoms with E-state index in [0.29, 0.717) is 12.6 Å². The standard InChI is InChI=1S/C19H24N2O/c1-21-13-11-17(12-14-21)20-18-9-5-6-10-19(18)22-15-16-7-3-2-4-8-16/h2-10,17,20H,11-15H2,1H3. The molecular formula is C19H24N2O. The highest BCUT2D eigenvalue weighted by atomic mass is 16.5. The van der Waals surface area contributed by atoms with Gasteiger partial charge in [0.1, 0.15) is 12.4 Å². The molecule has 1 aliphatic heterocycles. The lowest BCUT2D eigenvalue weighted by Crippen LogP contribution is -2.36. The highest BCUT2D eigenvalue weighted by Gasteiger charge is 2.17. The molecule has 3 rings (SSSR count). The fourth-order valence-electron chi connectivity index (χ4n) is 2.82. The van der Waals surface area contributed by atoms with Crippen LogP contribution in [0.3, 0.4) is 0 Å². The maximum Gasteiger partial charge on any atom is 0.142 e. The summed E-state index contributed by atoms with van der Waals surface area (Å²) in [5.41, 5.74) is 2.30. The second-order valence-electron chi connectivity index (χ2n) is 5.99. The van der Waals surface area contributed by atoms with E-state index in [-0.39, 0.29) is 0 Å². The van der Waals surface area contributed by atoms with Crippen molar-refractivity contribution < 1.29 is 4.74 Å².